The van der Waals surface area contributed by atoms with E-state index in [9.17, 15) is 9.65 Å². The monoisotopic (exact) mass is 323 g/mol. The third-order valence-electron chi connectivity index (χ3n) is 4.31. The maximum absolute atomic E-state index is 14.0. The summed E-state index contributed by atoms with van der Waals surface area (Å²) in [5.41, 5.74) is 0.301. The van der Waals surface area contributed by atoms with E-state index < -0.39 is 0 Å². The standard InChI is InChI=1S/C16H19BrFN/c1-2-12-4-3-7-16(9-12,11-19)10-13-5-6-14(17)8-15(13)18/h5-6,8,12H,2-4,7,9-10H2,1H3. The smallest absolute Gasteiger partial charge is 0.127 e. The van der Waals surface area contributed by atoms with Gasteiger partial charge in [0.2, 0.25) is 0 Å². The first-order valence-corrected chi connectivity index (χ1v) is 7.73. The Bertz CT molecular complexity index is 494. The van der Waals surface area contributed by atoms with Crippen molar-refractivity contribution in [3.63, 3.8) is 0 Å². The normalized spacial score (nSPS) is 26.9. The molecule has 3 heteroatoms. The predicted octanol–water partition coefficient (Wildman–Crippen LogP) is 5.24. The van der Waals surface area contributed by atoms with E-state index in [1.54, 1.807) is 6.07 Å². The van der Waals surface area contributed by atoms with Crippen molar-refractivity contribution in [1.29, 1.82) is 5.26 Å². The topological polar surface area (TPSA) is 23.8 Å². The molecule has 0 radical (unpaired) electrons. The van der Waals surface area contributed by atoms with Crippen molar-refractivity contribution in [2.45, 2.75) is 45.4 Å². The van der Waals surface area contributed by atoms with Crippen molar-refractivity contribution >= 4 is 15.9 Å². The highest BCUT2D eigenvalue weighted by Crippen LogP contribution is 2.43. The van der Waals surface area contributed by atoms with Crippen molar-refractivity contribution < 1.29 is 4.39 Å². The third kappa shape index (κ3) is 3.36. The van der Waals surface area contributed by atoms with Crippen LogP contribution in [0, 0.1) is 28.5 Å². The number of rotatable bonds is 3. The van der Waals surface area contributed by atoms with Crippen LogP contribution in [-0.4, -0.2) is 0 Å². The number of hydrogen-bond donors (Lipinski definition) is 0. The number of nitriles is 1. The fraction of sp³-hybridized carbons (Fsp3) is 0.562. The summed E-state index contributed by atoms with van der Waals surface area (Å²) in [4.78, 5) is 0. The van der Waals surface area contributed by atoms with Crippen LogP contribution in [0.3, 0.4) is 0 Å². The number of benzene rings is 1. The fourth-order valence-corrected chi connectivity index (χ4v) is 3.50. The highest BCUT2D eigenvalue weighted by atomic mass is 79.9. The lowest BCUT2D eigenvalue weighted by Crippen LogP contribution is -2.29. The van der Waals surface area contributed by atoms with Crippen LogP contribution in [0.25, 0.3) is 0 Å². The van der Waals surface area contributed by atoms with Crippen molar-refractivity contribution in [3.8, 4) is 6.07 Å². The van der Waals surface area contributed by atoms with Crippen LogP contribution in [0.5, 0.6) is 0 Å². The Morgan fingerprint density at radius 2 is 2.32 bits per heavy atom. The molecule has 0 bridgehead atoms. The Balaban J connectivity index is 2.21. The molecule has 2 unspecified atom stereocenters. The van der Waals surface area contributed by atoms with E-state index in [2.05, 4.69) is 28.9 Å². The maximum atomic E-state index is 14.0. The molecule has 0 aromatic heterocycles. The van der Waals surface area contributed by atoms with Gasteiger partial charge < -0.3 is 0 Å². The molecule has 1 aromatic rings. The van der Waals surface area contributed by atoms with Crippen molar-refractivity contribution in [2.24, 2.45) is 11.3 Å². The van der Waals surface area contributed by atoms with Crippen LogP contribution >= 0.6 is 15.9 Å². The second-order valence-electron chi connectivity index (χ2n) is 5.68. The molecule has 1 aliphatic rings. The van der Waals surface area contributed by atoms with Gasteiger partial charge in [0.25, 0.3) is 0 Å². The van der Waals surface area contributed by atoms with Gasteiger partial charge in [-0.1, -0.05) is 48.2 Å². The van der Waals surface area contributed by atoms with E-state index in [0.717, 1.165) is 30.2 Å². The zero-order valence-corrected chi connectivity index (χ0v) is 12.8. The van der Waals surface area contributed by atoms with Gasteiger partial charge in [-0.25, -0.2) is 4.39 Å². The van der Waals surface area contributed by atoms with Gasteiger partial charge in [0.1, 0.15) is 5.82 Å². The molecule has 102 valence electrons. The van der Waals surface area contributed by atoms with Gasteiger partial charge in [-0.2, -0.15) is 5.26 Å². The van der Waals surface area contributed by atoms with Gasteiger partial charge in [0, 0.05) is 4.47 Å². The molecule has 1 aliphatic carbocycles. The summed E-state index contributed by atoms with van der Waals surface area (Å²) in [5.74, 6) is 0.412. The highest BCUT2D eigenvalue weighted by molar-refractivity contribution is 9.10. The van der Waals surface area contributed by atoms with Gasteiger partial charge in [-0.3, -0.25) is 0 Å². The molecule has 0 N–H and O–H groups in total. The second kappa shape index (κ2) is 6.05. The first-order chi connectivity index (χ1) is 9.08. The molecular weight excluding hydrogens is 305 g/mol. The molecular formula is C16H19BrFN. The molecule has 1 saturated carbocycles. The molecule has 1 fully saturated rings. The quantitative estimate of drug-likeness (QED) is 0.746. The SMILES string of the molecule is CCC1CCCC(C#N)(Cc2ccc(Br)cc2F)C1. The van der Waals surface area contributed by atoms with E-state index in [-0.39, 0.29) is 11.2 Å². The minimum atomic E-state index is -0.367. The van der Waals surface area contributed by atoms with E-state index in [1.165, 1.54) is 12.5 Å². The Labute approximate surface area is 123 Å². The Kier molecular flexibility index (Phi) is 4.62. The average molecular weight is 324 g/mol. The van der Waals surface area contributed by atoms with E-state index in [1.807, 2.05) is 6.07 Å². The van der Waals surface area contributed by atoms with Crippen LogP contribution in [0.1, 0.15) is 44.6 Å². The summed E-state index contributed by atoms with van der Waals surface area (Å²) >= 11 is 3.27. The Morgan fingerprint density at radius 3 is 2.95 bits per heavy atom. The molecule has 2 rings (SSSR count). The summed E-state index contributed by atoms with van der Waals surface area (Å²) in [7, 11) is 0. The van der Waals surface area contributed by atoms with Crippen molar-refractivity contribution in [3.05, 3.63) is 34.1 Å². The largest absolute Gasteiger partial charge is 0.207 e. The maximum Gasteiger partial charge on any atom is 0.127 e. The Hall–Kier alpha value is -0.880. The summed E-state index contributed by atoms with van der Waals surface area (Å²) in [5, 5.41) is 9.58. The zero-order chi connectivity index (χ0) is 13.9. The molecule has 2 atom stereocenters. The van der Waals surface area contributed by atoms with E-state index in [4.69, 9.17) is 0 Å². The van der Waals surface area contributed by atoms with Crippen LogP contribution in [0.2, 0.25) is 0 Å². The van der Waals surface area contributed by atoms with Crippen LogP contribution < -0.4 is 0 Å². The average Bonchev–Trinajstić information content (AvgIpc) is 2.42. The number of nitrogens with zero attached hydrogens (tertiary/aromatic N) is 1. The van der Waals surface area contributed by atoms with Gasteiger partial charge in [0.05, 0.1) is 11.5 Å². The molecule has 19 heavy (non-hydrogen) atoms. The highest BCUT2D eigenvalue weighted by Gasteiger charge is 2.36. The van der Waals surface area contributed by atoms with Gasteiger partial charge >= 0.3 is 0 Å². The number of hydrogen-bond acceptors (Lipinski definition) is 1. The van der Waals surface area contributed by atoms with E-state index in [0.29, 0.717) is 17.9 Å². The molecule has 1 nitrogen and oxygen atoms in total. The summed E-state index contributed by atoms with van der Waals surface area (Å²) in [6.07, 6.45) is 5.77. The lowest BCUT2D eigenvalue weighted by molar-refractivity contribution is 0.192. The van der Waals surface area contributed by atoms with Crippen molar-refractivity contribution in [1.82, 2.24) is 0 Å². The molecule has 0 spiro atoms. The minimum absolute atomic E-state index is 0.206. The zero-order valence-electron chi connectivity index (χ0n) is 11.3. The molecule has 0 aliphatic heterocycles. The molecule has 1 aromatic carbocycles. The lowest BCUT2D eigenvalue weighted by Gasteiger charge is -2.35. The first kappa shape index (κ1) is 14.5. The Morgan fingerprint density at radius 1 is 1.53 bits per heavy atom. The minimum Gasteiger partial charge on any atom is -0.207 e. The number of halogens is 2. The predicted molar refractivity (Wildman–Crippen MR) is 78.1 cm³/mol. The molecule has 0 amide bonds. The second-order valence-corrected chi connectivity index (χ2v) is 6.59. The first-order valence-electron chi connectivity index (χ1n) is 6.94. The van der Waals surface area contributed by atoms with E-state index >= 15 is 0 Å². The van der Waals surface area contributed by atoms with Crippen LogP contribution in [-0.2, 0) is 6.42 Å². The molecule has 0 saturated heterocycles. The van der Waals surface area contributed by atoms with Crippen molar-refractivity contribution in [2.75, 3.05) is 0 Å². The fourth-order valence-electron chi connectivity index (χ4n) is 3.17. The van der Waals surface area contributed by atoms with Gasteiger partial charge in [-0.15, -0.1) is 0 Å². The summed E-state index contributed by atoms with van der Waals surface area (Å²) in [6, 6.07) is 7.63. The summed E-state index contributed by atoms with van der Waals surface area (Å²) in [6.45, 7) is 2.18. The van der Waals surface area contributed by atoms with Crippen LogP contribution in [0.15, 0.2) is 22.7 Å². The van der Waals surface area contributed by atoms with Gasteiger partial charge in [-0.05, 0) is 42.9 Å². The summed E-state index contributed by atoms with van der Waals surface area (Å²) < 4.78 is 14.7. The molecule has 0 heterocycles. The lowest BCUT2D eigenvalue weighted by atomic mass is 9.67. The third-order valence-corrected chi connectivity index (χ3v) is 4.80. The van der Waals surface area contributed by atoms with Crippen LogP contribution in [0.4, 0.5) is 4.39 Å². The van der Waals surface area contributed by atoms with Gasteiger partial charge in [0.15, 0.2) is 0 Å².